The van der Waals surface area contributed by atoms with E-state index < -0.39 is 6.04 Å². The van der Waals surface area contributed by atoms with Crippen molar-refractivity contribution < 1.29 is 14.6 Å². The highest BCUT2D eigenvalue weighted by molar-refractivity contribution is 5.98. The lowest BCUT2D eigenvalue weighted by Crippen LogP contribution is -2.37. The molecule has 1 amide bonds. The molecule has 0 bridgehead atoms. The fraction of sp³-hybridized carbons (Fsp3) is 0.591. The average Bonchev–Trinajstić information content (AvgIpc) is 2.79. The number of carbonyl (C=O) groups excluding carboxylic acids is 1. The van der Waals surface area contributed by atoms with E-state index in [1.54, 1.807) is 12.1 Å². The van der Waals surface area contributed by atoms with Gasteiger partial charge in [0.05, 0.1) is 24.4 Å². The van der Waals surface area contributed by atoms with Gasteiger partial charge in [-0.2, -0.15) is 0 Å². The van der Waals surface area contributed by atoms with Crippen LogP contribution in [0.15, 0.2) is 40.6 Å². The lowest BCUT2D eigenvalue weighted by atomic mass is 10.1. The standard InChI is InChI=1S/C22H40N8O3/c1-4-5-9-19(20(31)15-25-29-30-28-24)27-22(32)18-14-17(26-16(2)3)10-11-21(18)33-13-8-6-7-12-23/h10-11,14-16,19,26,31H,4-9,12-13,23H2,1-3H3,(H,27,32)(H,28,29)(H3,24,25,30). The zero-order valence-corrected chi connectivity index (χ0v) is 19.9. The van der Waals surface area contributed by atoms with Gasteiger partial charge in [0.2, 0.25) is 0 Å². The van der Waals surface area contributed by atoms with E-state index in [-0.39, 0.29) is 17.7 Å². The van der Waals surface area contributed by atoms with Crippen LogP contribution in [0.2, 0.25) is 0 Å². The Hall–Kier alpha value is -3.21. The fourth-order valence-electron chi connectivity index (χ4n) is 3.06. The van der Waals surface area contributed by atoms with Crippen molar-refractivity contribution in [2.75, 3.05) is 18.5 Å². The van der Waals surface area contributed by atoms with Gasteiger partial charge in [-0.15, -0.1) is 0 Å². The molecule has 0 spiro atoms. The Balaban J connectivity index is 3.03. The molecule has 186 valence electrons. The second-order valence-corrected chi connectivity index (χ2v) is 7.92. The molecule has 11 nitrogen and oxygen atoms in total. The first-order chi connectivity index (χ1) is 15.9. The molecule has 0 saturated heterocycles. The number of aliphatic hydroxyl groups excluding tert-OH is 1. The van der Waals surface area contributed by atoms with E-state index in [0.29, 0.717) is 30.9 Å². The number of hydrogen-bond acceptors (Lipinski definition) is 8. The third-order valence-corrected chi connectivity index (χ3v) is 4.69. The minimum Gasteiger partial charge on any atom is -0.509 e. The average molecular weight is 465 g/mol. The van der Waals surface area contributed by atoms with Crippen LogP contribution in [-0.2, 0) is 0 Å². The second-order valence-electron chi connectivity index (χ2n) is 7.92. The summed E-state index contributed by atoms with van der Waals surface area (Å²) in [6, 6.07) is 5.06. The van der Waals surface area contributed by atoms with Gasteiger partial charge in [-0.25, -0.2) is 5.53 Å². The summed E-state index contributed by atoms with van der Waals surface area (Å²) in [6.07, 6.45) is 6.34. The second kappa shape index (κ2) is 16.4. The van der Waals surface area contributed by atoms with Crippen molar-refractivity contribution in [1.82, 2.24) is 16.3 Å². The van der Waals surface area contributed by atoms with Gasteiger partial charge in [0.15, 0.2) is 0 Å². The number of unbranched alkanes of at least 4 members (excludes halogenated alkanes) is 3. The Morgan fingerprint density at radius 3 is 2.70 bits per heavy atom. The maximum absolute atomic E-state index is 13.2. The number of rotatable bonds is 17. The van der Waals surface area contributed by atoms with Crippen LogP contribution in [0.4, 0.5) is 5.69 Å². The van der Waals surface area contributed by atoms with E-state index in [0.717, 1.165) is 37.8 Å². The number of carbonyl (C=O) groups is 1. The Kier molecular flexibility index (Phi) is 13.9. The minimum atomic E-state index is -0.597. The van der Waals surface area contributed by atoms with Crippen molar-refractivity contribution >= 4 is 11.6 Å². The Morgan fingerprint density at radius 2 is 2.03 bits per heavy atom. The number of ether oxygens (including phenoxy) is 1. The van der Waals surface area contributed by atoms with Gasteiger partial charge in [-0.1, -0.05) is 25.0 Å². The van der Waals surface area contributed by atoms with Crippen molar-refractivity contribution in [3.8, 4) is 5.75 Å². The Labute approximate surface area is 196 Å². The molecule has 1 aromatic rings. The molecule has 9 N–H and O–H groups in total. The molecule has 0 aliphatic heterocycles. The van der Waals surface area contributed by atoms with Gasteiger partial charge in [0.1, 0.15) is 11.5 Å². The molecular weight excluding hydrogens is 424 g/mol. The first-order valence-electron chi connectivity index (χ1n) is 11.5. The van der Waals surface area contributed by atoms with Crippen LogP contribution in [0.1, 0.15) is 69.7 Å². The van der Waals surface area contributed by atoms with Crippen molar-refractivity contribution in [3.63, 3.8) is 0 Å². The molecular formula is C22H40N8O3. The van der Waals surface area contributed by atoms with Crippen LogP contribution in [0, 0.1) is 0 Å². The lowest BCUT2D eigenvalue weighted by Gasteiger charge is -2.20. The molecule has 0 radical (unpaired) electrons. The predicted octanol–water partition coefficient (Wildman–Crippen LogP) is 3.04. The maximum atomic E-state index is 13.2. The number of nitrogens with two attached hydrogens (primary N) is 2. The van der Waals surface area contributed by atoms with Crippen LogP contribution in [-0.4, -0.2) is 36.2 Å². The highest BCUT2D eigenvalue weighted by atomic mass is 16.5. The Morgan fingerprint density at radius 1 is 1.24 bits per heavy atom. The zero-order chi connectivity index (χ0) is 24.5. The number of hydrazine groups is 1. The maximum Gasteiger partial charge on any atom is 0.255 e. The van der Waals surface area contributed by atoms with Gasteiger partial charge in [-0.3, -0.25) is 10.2 Å². The summed E-state index contributed by atoms with van der Waals surface area (Å²) in [5, 5.41) is 23.1. The molecule has 0 aliphatic carbocycles. The third kappa shape index (κ3) is 11.3. The van der Waals surface area contributed by atoms with Gasteiger partial charge in [0, 0.05) is 11.7 Å². The Bertz CT molecular complexity index is 755. The van der Waals surface area contributed by atoms with Gasteiger partial charge < -0.3 is 32.1 Å². The number of nitrogens with zero attached hydrogens (tertiary/aromatic N) is 2. The summed E-state index contributed by atoms with van der Waals surface area (Å²) in [5.41, 5.74) is 11.6. The SMILES string of the molecule is CCCCC(NC(=O)c1cc(NC(C)C)ccc1OCCCCCN)C(O)=CNNN=NN. The summed E-state index contributed by atoms with van der Waals surface area (Å²) in [7, 11) is 0. The van der Waals surface area contributed by atoms with E-state index in [1.165, 1.54) is 6.20 Å². The van der Waals surface area contributed by atoms with Gasteiger partial charge in [0.25, 0.3) is 5.91 Å². The molecule has 1 rings (SSSR count). The highest BCUT2D eigenvalue weighted by Crippen LogP contribution is 2.24. The summed E-state index contributed by atoms with van der Waals surface area (Å²) in [4.78, 5) is 13.2. The predicted molar refractivity (Wildman–Crippen MR) is 130 cm³/mol. The minimum absolute atomic E-state index is 0.0581. The van der Waals surface area contributed by atoms with Crippen LogP contribution < -0.4 is 37.9 Å². The van der Waals surface area contributed by atoms with Gasteiger partial charge in [-0.05, 0) is 69.5 Å². The molecule has 1 aromatic carbocycles. The summed E-state index contributed by atoms with van der Waals surface area (Å²) in [5.74, 6) is 5.01. The zero-order valence-electron chi connectivity index (χ0n) is 19.9. The lowest BCUT2D eigenvalue weighted by molar-refractivity contribution is 0.0926. The number of anilines is 1. The number of amides is 1. The largest absolute Gasteiger partial charge is 0.509 e. The number of nitrogens with one attached hydrogen (secondary N) is 4. The van der Waals surface area contributed by atoms with Crippen molar-refractivity contribution in [1.29, 1.82) is 0 Å². The first-order valence-corrected chi connectivity index (χ1v) is 11.5. The third-order valence-electron chi connectivity index (χ3n) is 4.69. The summed E-state index contributed by atoms with van der Waals surface area (Å²) >= 11 is 0. The molecule has 0 fully saturated rings. The normalized spacial score (nSPS) is 12.6. The number of aliphatic hydroxyl groups is 1. The number of benzene rings is 1. The smallest absolute Gasteiger partial charge is 0.255 e. The van der Waals surface area contributed by atoms with Crippen molar-refractivity contribution in [2.24, 2.45) is 22.0 Å². The van der Waals surface area contributed by atoms with E-state index in [4.69, 9.17) is 16.3 Å². The molecule has 1 atom stereocenters. The van der Waals surface area contributed by atoms with Crippen LogP contribution in [0.5, 0.6) is 5.75 Å². The van der Waals surface area contributed by atoms with E-state index >= 15 is 0 Å². The number of hydrogen-bond donors (Lipinski definition) is 7. The summed E-state index contributed by atoms with van der Waals surface area (Å²) in [6.45, 7) is 7.23. The topological polar surface area (TPSA) is 171 Å². The van der Waals surface area contributed by atoms with E-state index in [2.05, 4.69) is 32.0 Å². The van der Waals surface area contributed by atoms with Gasteiger partial charge >= 0.3 is 0 Å². The highest BCUT2D eigenvalue weighted by Gasteiger charge is 2.21. The molecule has 0 aromatic heterocycles. The van der Waals surface area contributed by atoms with Crippen LogP contribution >= 0.6 is 0 Å². The fourth-order valence-corrected chi connectivity index (χ4v) is 3.06. The quantitative estimate of drug-likeness (QED) is 0.0606. The molecule has 0 aliphatic rings. The molecule has 0 saturated carbocycles. The van der Waals surface area contributed by atoms with E-state index in [9.17, 15) is 9.90 Å². The van der Waals surface area contributed by atoms with Crippen LogP contribution in [0.25, 0.3) is 0 Å². The van der Waals surface area contributed by atoms with Crippen LogP contribution in [0.3, 0.4) is 0 Å². The van der Waals surface area contributed by atoms with Crippen molar-refractivity contribution in [3.05, 3.63) is 35.7 Å². The molecule has 0 heterocycles. The first kappa shape index (κ1) is 27.8. The molecule has 33 heavy (non-hydrogen) atoms. The van der Waals surface area contributed by atoms with Crippen molar-refractivity contribution in [2.45, 2.75) is 71.4 Å². The molecule has 11 heteroatoms. The molecule has 1 unspecified atom stereocenters. The summed E-state index contributed by atoms with van der Waals surface area (Å²) < 4.78 is 5.92. The monoisotopic (exact) mass is 464 g/mol. The van der Waals surface area contributed by atoms with E-state index in [1.807, 2.05) is 26.8 Å².